The molecule has 0 spiro atoms. The predicted octanol–water partition coefficient (Wildman–Crippen LogP) is 2.65. The molecule has 3 N–H and O–H groups in total. The van der Waals surface area contributed by atoms with Crippen LogP contribution >= 0.6 is 0 Å². The number of aliphatic hydroxyl groups excluding tert-OH is 1. The van der Waals surface area contributed by atoms with Crippen LogP contribution in [-0.4, -0.2) is 29.2 Å². The Morgan fingerprint density at radius 3 is 2.37 bits per heavy atom. The molecule has 19 heavy (non-hydrogen) atoms. The first-order valence-electron chi connectivity index (χ1n) is 7.17. The van der Waals surface area contributed by atoms with Gasteiger partial charge < -0.3 is 21.0 Å². The molecule has 1 aliphatic carbocycles. The first kappa shape index (κ1) is 19.7. The summed E-state index contributed by atoms with van der Waals surface area (Å²) < 4.78 is 0. The first-order valence-corrected chi connectivity index (χ1v) is 7.17. The molecule has 1 aliphatic rings. The van der Waals surface area contributed by atoms with Crippen LogP contribution in [-0.2, 0) is 4.79 Å². The SMILES string of the molecule is CC(C)NC(CC1CCCCC1)C(O)CC([NH-])=O.[Gd]. The summed E-state index contributed by atoms with van der Waals surface area (Å²) in [6, 6.07) is 0.233. The average Bonchev–Trinajstić information content (AvgIpc) is 2.28. The van der Waals surface area contributed by atoms with Gasteiger partial charge in [-0.05, 0) is 12.3 Å². The minimum absolute atomic E-state index is 0. The van der Waals surface area contributed by atoms with Gasteiger partial charge in [-0.25, -0.2) is 0 Å². The Bertz CT molecular complexity index is 256. The maximum Gasteiger partial charge on any atom is 0.0746 e. The summed E-state index contributed by atoms with van der Waals surface area (Å²) in [7, 11) is 0. The van der Waals surface area contributed by atoms with Crippen molar-refractivity contribution in [3.8, 4) is 0 Å². The molecular formula is C14H27GdN2O2-. The van der Waals surface area contributed by atoms with Gasteiger partial charge in [-0.15, -0.1) is 0 Å². The van der Waals surface area contributed by atoms with Gasteiger partial charge in [0.25, 0.3) is 0 Å². The minimum atomic E-state index is -0.723. The van der Waals surface area contributed by atoms with E-state index in [-0.39, 0.29) is 58.4 Å². The molecule has 1 rings (SSSR count). The van der Waals surface area contributed by atoms with Gasteiger partial charge >= 0.3 is 0 Å². The zero-order chi connectivity index (χ0) is 13.5. The van der Waals surface area contributed by atoms with Crippen LogP contribution in [0.25, 0.3) is 5.73 Å². The standard InChI is InChI=1S/C14H28N2O2.Gd/c1-10(2)16-12(13(17)9-14(15)18)8-11-6-4-3-5-7-11;/h10-13,16-17H,3-9H2,1-2H3,(H2,15,18);/p-1. The number of rotatable bonds is 7. The Balaban J connectivity index is 0.00000324. The van der Waals surface area contributed by atoms with E-state index in [1.807, 2.05) is 13.8 Å². The summed E-state index contributed by atoms with van der Waals surface area (Å²) in [5.41, 5.74) is 6.98. The van der Waals surface area contributed by atoms with E-state index in [0.717, 1.165) is 6.42 Å². The van der Waals surface area contributed by atoms with Gasteiger partial charge in [-0.3, -0.25) is 0 Å². The van der Waals surface area contributed by atoms with Crippen LogP contribution in [0.4, 0.5) is 0 Å². The average molecular weight is 413 g/mol. The maximum absolute atomic E-state index is 10.8. The molecule has 0 aromatic heterocycles. The fourth-order valence-corrected chi connectivity index (χ4v) is 2.88. The summed E-state index contributed by atoms with van der Waals surface area (Å²) in [5, 5.41) is 13.4. The second-order valence-corrected chi connectivity index (χ2v) is 5.86. The van der Waals surface area contributed by atoms with E-state index in [4.69, 9.17) is 5.73 Å². The predicted molar refractivity (Wildman–Crippen MR) is 73.2 cm³/mol. The summed E-state index contributed by atoms with van der Waals surface area (Å²) in [4.78, 5) is 10.8. The van der Waals surface area contributed by atoms with Crippen LogP contribution in [0.2, 0.25) is 0 Å². The van der Waals surface area contributed by atoms with Crippen molar-refractivity contribution in [2.24, 2.45) is 5.92 Å². The Hall–Kier alpha value is 0.715. The van der Waals surface area contributed by atoms with Crippen molar-refractivity contribution in [3.05, 3.63) is 5.73 Å². The van der Waals surface area contributed by atoms with Gasteiger partial charge in [0.15, 0.2) is 0 Å². The number of aliphatic hydroxyl groups is 1. The van der Waals surface area contributed by atoms with Crippen molar-refractivity contribution in [3.63, 3.8) is 0 Å². The van der Waals surface area contributed by atoms with E-state index in [1.165, 1.54) is 32.1 Å². The van der Waals surface area contributed by atoms with Gasteiger partial charge in [-0.1, -0.05) is 46.0 Å². The number of carbonyl (C=O) groups excluding carboxylic acids is 1. The van der Waals surface area contributed by atoms with Crippen LogP contribution in [0.5, 0.6) is 0 Å². The Morgan fingerprint density at radius 2 is 1.89 bits per heavy atom. The fourth-order valence-electron chi connectivity index (χ4n) is 2.88. The van der Waals surface area contributed by atoms with Gasteiger partial charge in [0.2, 0.25) is 0 Å². The molecular weight excluding hydrogens is 385 g/mol. The number of carbonyl (C=O) groups is 1. The van der Waals surface area contributed by atoms with E-state index < -0.39 is 12.0 Å². The Labute approximate surface area is 149 Å². The monoisotopic (exact) mass is 413 g/mol. The van der Waals surface area contributed by atoms with Crippen LogP contribution in [0.15, 0.2) is 0 Å². The van der Waals surface area contributed by atoms with E-state index in [0.29, 0.717) is 5.92 Å². The largest absolute Gasteiger partial charge is 0.668 e. The van der Waals surface area contributed by atoms with Gasteiger partial charge in [0.05, 0.1) is 12.0 Å². The van der Waals surface area contributed by atoms with E-state index in [2.05, 4.69) is 5.32 Å². The maximum atomic E-state index is 10.8. The van der Waals surface area contributed by atoms with Crippen molar-refractivity contribution < 1.29 is 49.8 Å². The van der Waals surface area contributed by atoms with Gasteiger partial charge in [0, 0.05) is 58.4 Å². The van der Waals surface area contributed by atoms with Crippen LogP contribution in [0.3, 0.4) is 0 Å². The third-order valence-corrected chi connectivity index (χ3v) is 3.72. The van der Waals surface area contributed by atoms with Crippen molar-refractivity contribution in [2.45, 2.75) is 77.0 Å². The molecule has 0 heterocycles. The van der Waals surface area contributed by atoms with Crippen molar-refractivity contribution >= 4 is 5.91 Å². The van der Waals surface area contributed by atoms with Crippen LogP contribution in [0, 0.1) is 45.9 Å². The summed E-state index contributed by atoms with van der Waals surface area (Å²) in [6.45, 7) is 4.09. The molecule has 1 saturated carbocycles. The first-order chi connectivity index (χ1) is 8.49. The molecule has 0 radical (unpaired) electrons. The molecule has 0 bridgehead atoms. The third-order valence-electron chi connectivity index (χ3n) is 3.72. The molecule has 1 fully saturated rings. The van der Waals surface area contributed by atoms with Crippen molar-refractivity contribution in [1.82, 2.24) is 5.32 Å². The summed E-state index contributed by atoms with van der Waals surface area (Å²) in [6.07, 6.45) is 6.50. The molecule has 0 aromatic carbocycles. The normalized spacial score (nSPS) is 19.8. The number of hydrogen-bond donors (Lipinski definition) is 2. The summed E-state index contributed by atoms with van der Waals surface area (Å²) >= 11 is 0. The fraction of sp³-hybridized carbons (Fsp3) is 0.929. The number of hydrogen-bond acceptors (Lipinski definition) is 3. The van der Waals surface area contributed by atoms with Crippen LogP contribution in [0.1, 0.15) is 58.8 Å². The Kier molecular flexibility index (Phi) is 10.8. The van der Waals surface area contributed by atoms with Gasteiger partial charge in [0.1, 0.15) is 0 Å². The third kappa shape index (κ3) is 8.56. The molecule has 0 saturated heterocycles. The zero-order valence-corrected chi connectivity index (χ0v) is 14.2. The van der Waals surface area contributed by atoms with Crippen molar-refractivity contribution in [1.29, 1.82) is 0 Å². The van der Waals surface area contributed by atoms with Crippen LogP contribution < -0.4 is 5.32 Å². The van der Waals surface area contributed by atoms with E-state index in [9.17, 15) is 9.90 Å². The molecule has 114 valence electrons. The smallest absolute Gasteiger partial charge is 0.0746 e. The Morgan fingerprint density at radius 1 is 1.32 bits per heavy atom. The molecule has 5 heteroatoms. The second kappa shape index (κ2) is 10.4. The zero-order valence-electron chi connectivity index (χ0n) is 12.0. The van der Waals surface area contributed by atoms with E-state index in [1.54, 1.807) is 0 Å². The van der Waals surface area contributed by atoms with E-state index >= 15 is 0 Å². The molecule has 0 aliphatic heterocycles. The van der Waals surface area contributed by atoms with Gasteiger partial charge in [-0.2, -0.15) is 0 Å². The molecule has 0 aromatic rings. The second-order valence-electron chi connectivity index (χ2n) is 5.86. The molecule has 2 unspecified atom stereocenters. The summed E-state index contributed by atoms with van der Waals surface area (Å²) in [5.74, 6) is -0.0211. The quantitative estimate of drug-likeness (QED) is 0.675. The number of amides is 1. The molecule has 1 amide bonds. The van der Waals surface area contributed by atoms with Crippen molar-refractivity contribution in [2.75, 3.05) is 0 Å². The topological polar surface area (TPSA) is 73.1 Å². The molecule has 2 atom stereocenters. The molecule has 4 nitrogen and oxygen atoms in total. The minimum Gasteiger partial charge on any atom is -0.668 e. The number of nitrogens with one attached hydrogen (secondary N) is 2.